The van der Waals surface area contributed by atoms with Crippen LogP contribution in [0.15, 0.2) is 12.1 Å². The van der Waals surface area contributed by atoms with Gasteiger partial charge in [-0.05, 0) is 47.2 Å². The van der Waals surface area contributed by atoms with Crippen LogP contribution in [0.1, 0.15) is 17.6 Å². The summed E-state index contributed by atoms with van der Waals surface area (Å²) in [4.78, 5) is 0. The summed E-state index contributed by atoms with van der Waals surface area (Å²) in [5.41, 5.74) is -0.253. The molecule has 0 aliphatic carbocycles. The molecular formula is C8H6F3I. The SMILES string of the molecule is Cc1cc(I)cc(C(F)F)c1F. The van der Waals surface area contributed by atoms with Crippen LogP contribution in [0.25, 0.3) is 0 Å². The third-order valence-corrected chi connectivity index (χ3v) is 2.11. The zero-order valence-corrected chi connectivity index (χ0v) is 8.40. The second-order valence-corrected chi connectivity index (χ2v) is 3.67. The van der Waals surface area contributed by atoms with E-state index in [0.717, 1.165) is 6.07 Å². The summed E-state index contributed by atoms with van der Waals surface area (Å²) in [6, 6.07) is 2.69. The zero-order chi connectivity index (χ0) is 9.30. The second-order valence-electron chi connectivity index (χ2n) is 2.43. The monoisotopic (exact) mass is 286 g/mol. The quantitative estimate of drug-likeness (QED) is 0.691. The fourth-order valence-corrected chi connectivity index (χ4v) is 1.71. The Morgan fingerprint density at radius 1 is 1.33 bits per heavy atom. The Morgan fingerprint density at radius 2 is 1.92 bits per heavy atom. The molecule has 0 amide bonds. The van der Waals surface area contributed by atoms with Gasteiger partial charge >= 0.3 is 0 Å². The van der Waals surface area contributed by atoms with Gasteiger partial charge < -0.3 is 0 Å². The lowest BCUT2D eigenvalue weighted by molar-refractivity contribution is 0.146. The van der Waals surface area contributed by atoms with Crippen LogP contribution in [-0.2, 0) is 0 Å². The fourth-order valence-electron chi connectivity index (χ4n) is 0.910. The molecule has 0 aliphatic heterocycles. The van der Waals surface area contributed by atoms with Crippen LogP contribution < -0.4 is 0 Å². The molecule has 0 saturated heterocycles. The standard InChI is InChI=1S/C8H6F3I/c1-4-2-5(12)3-6(7(4)9)8(10)11/h2-3,8H,1H3. The van der Waals surface area contributed by atoms with Crippen LogP contribution in [0.5, 0.6) is 0 Å². The van der Waals surface area contributed by atoms with E-state index in [2.05, 4.69) is 0 Å². The third-order valence-electron chi connectivity index (χ3n) is 1.48. The van der Waals surface area contributed by atoms with Crippen molar-refractivity contribution in [1.82, 2.24) is 0 Å². The summed E-state index contributed by atoms with van der Waals surface area (Å²) < 4.78 is 37.9. The molecule has 0 nitrogen and oxygen atoms in total. The van der Waals surface area contributed by atoms with Gasteiger partial charge in [-0.1, -0.05) is 0 Å². The largest absolute Gasteiger partial charge is 0.266 e. The molecule has 12 heavy (non-hydrogen) atoms. The van der Waals surface area contributed by atoms with Gasteiger partial charge in [0.1, 0.15) is 5.82 Å². The highest BCUT2D eigenvalue weighted by Gasteiger charge is 2.15. The summed E-state index contributed by atoms with van der Waals surface area (Å²) in [5, 5.41) is 0. The van der Waals surface area contributed by atoms with Crippen molar-refractivity contribution in [1.29, 1.82) is 0 Å². The van der Waals surface area contributed by atoms with E-state index < -0.39 is 17.8 Å². The fraction of sp³-hybridized carbons (Fsp3) is 0.250. The molecule has 0 N–H and O–H groups in total. The van der Waals surface area contributed by atoms with E-state index in [-0.39, 0.29) is 5.56 Å². The first-order valence-electron chi connectivity index (χ1n) is 3.26. The van der Waals surface area contributed by atoms with Crippen molar-refractivity contribution in [2.45, 2.75) is 13.3 Å². The van der Waals surface area contributed by atoms with Crippen LogP contribution >= 0.6 is 22.6 Å². The molecule has 0 bridgehead atoms. The second kappa shape index (κ2) is 3.64. The Hall–Kier alpha value is -0.260. The van der Waals surface area contributed by atoms with Crippen LogP contribution in [0.2, 0.25) is 0 Å². The highest BCUT2D eigenvalue weighted by Crippen LogP contribution is 2.25. The van der Waals surface area contributed by atoms with E-state index in [4.69, 9.17) is 0 Å². The van der Waals surface area contributed by atoms with Gasteiger partial charge in [-0.25, -0.2) is 13.2 Å². The molecule has 66 valence electrons. The van der Waals surface area contributed by atoms with E-state index in [1.807, 2.05) is 22.6 Å². The number of benzene rings is 1. The first kappa shape index (κ1) is 9.83. The van der Waals surface area contributed by atoms with Crippen LogP contribution in [0.4, 0.5) is 13.2 Å². The number of alkyl halides is 2. The molecule has 4 heteroatoms. The minimum atomic E-state index is -2.74. The van der Waals surface area contributed by atoms with Crippen molar-refractivity contribution < 1.29 is 13.2 Å². The number of rotatable bonds is 1. The van der Waals surface area contributed by atoms with Gasteiger partial charge in [-0.2, -0.15) is 0 Å². The van der Waals surface area contributed by atoms with E-state index in [9.17, 15) is 13.2 Å². The molecule has 0 spiro atoms. The van der Waals surface area contributed by atoms with E-state index in [0.29, 0.717) is 3.57 Å². The Labute approximate surface area is 81.9 Å². The Balaban J connectivity index is 3.28. The maximum absolute atomic E-state index is 12.9. The molecular weight excluding hydrogens is 280 g/mol. The van der Waals surface area contributed by atoms with Crippen molar-refractivity contribution in [2.24, 2.45) is 0 Å². The van der Waals surface area contributed by atoms with Gasteiger partial charge in [0.05, 0.1) is 5.56 Å². The molecule has 0 radical (unpaired) electrons. The van der Waals surface area contributed by atoms with Crippen molar-refractivity contribution in [3.05, 3.63) is 32.6 Å². The highest BCUT2D eigenvalue weighted by atomic mass is 127. The maximum Gasteiger partial charge on any atom is 0.266 e. The molecule has 0 fully saturated rings. The third kappa shape index (κ3) is 1.91. The van der Waals surface area contributed by atoms with Gasteiger partial charge in [0.2, 0.25) is 0 Å². The van der Waals surface area contributed by atoms with Gasteiger partial charge in [0, 0.05) is 3.57 Å². The lowest BCUT2D eigenvalue weighted by Gasteiger charge is -2.04. The molecule has 0 heterocycles. The summed E-state index contributed by atoms with van der Waals surface area (Å²) in [7, 11) is 0. The minimum absolute atomic E-state index is 0.261. The molecule has 0 atom stereocenters. The highest BCUT2D eigenvalue weighted by molar-refractivity contribution is 14.1. The van der Waals surface area contributed by atoms with Gasteiger partial charge in [0.15, 0.2) is 0 Å². The van der Waals surface area contributed by atoms with E-state index >= 15 is 0 Å². The number of hydrogen-bond donors (Lipinski definition) is 0. The molecule has 1 aromatic carbocycles. The van der Waals surface area contributed by atoms with Gasteiger partial charge in [-0.3, -0.25) is 0 Å². The molecule has 0 aromatic heterocycles. The number of halogens is 4. The predicted octanol–water partition coefficient (Wildman–Crippen LogP) is 3.68. The molecule has 1 rings (SSSR count). The van der Waals surface area contributed by atoms with Crippen molar-refractivity contribution in [3.63, 3.8) is 0 Å². The van der Waals surface area contributed by atoms with Gasteiger partial charge in [-0.15, -0.1) is 0 Å². The minimum Gasteiger partial charge on any atom is -0.206 e. The number of hydrogen-bond acceptors (Lipinski definition) is 0. The smallest absolute Gasteiger partial charge is 0.206 e. The average Bonchev–Trinajstić information content (AvgIpc) is 1.96. The molecule has 0 saturated carbocycles. The predicted molar refractivity (Wildman–Crippen MR) is 48.8 cm³/mol. The average molecular weight is 286 g/mol. The van der Waals surface area contributed by atoms with Crippen molar-refractivity contribution in [3.8, 4) is 0 Å². The zero-order valence-electron chi connectivity index (χ0n) is 6.24. The topological polar surface area (TPSA) is 0 Å². The molecule has 0 unspecified atom stereocenters. The van der Waals surface area contributed by atoms with Crippen molar-refractivity contribution >= 4 is 22.6 Å². The summed E-state index contributed by atoms with van der Waals surface area (Å²) >= 11 is 1.88. The lowest BCUT2D eigenvalue weighted by Crippen LogP contribution is -1.94. The summed E-state index contributed by atoms with van der Waals surface area (Å²) in [6.07, 6.45) is -2.74. The first-order chi connectivity index (χ1) is 5.52. The summed E-state index contributed by atoms with van der Waals surface area (Å²) in [5.74, 6) is -0.801. The Morgan fingerprint density at radius 3 is 2.42 bits per heavy atom. The van der Waals surface area contributed by atoms with E-state index in [1.54, 1.807) is 0 Å². The Bertz CT molecular complexity index is 297. The van der Waals surface area contributed by atoms with Crippen LogP contribution in [-0.4, -0.2) is 0 Å². The molecule has 1 aromatic rings. The lowest BCUT2D eigenvalue weighted by atomic mass is 10.1. The normalized spacial score (nSPS) is 10.8. The summed E-state index contributed by atoms with van der Waals surface area (Å²) in [6.45, 7) is 1.48. The van der Waals surface area contributed by atoms with Crippen molar-refractivity contribution in [2.75, 3.05) is 0 Å². The number of aryl methyl sites for hydroxylation is 1. The Kier molecular flexibility index (Phi) is 2.98. The molecule has 0 aliphatic rings. The van der Waals surface area contributed by atoms with E-state index in [1.165, 1.54) is 13.0 Å². The van der Waals surface area contributed by atoms with Gasteiger partial charge in [0.25, 0.3) is 6.43 Å². The maximum atomic E-state index is 12.9. The van der Waals surface area contributed by atoms with Crippen LogP contribution in [0, 0.1) is 16.3 Å². The van der Waals surface area contributed by atoms with Crippen LogP contribution in [0.3, 0.4) is 0 Å². The first-order valence-corrected chi connectivity index (χ1v) is 4.34.